The van der Waals surface area contributed by atoms with Gasteiger partial charge in [0.1, 0.15) is 0 Å². The number of hydrogen-bond donors (Lipinski definition) is 5. The second kappa shape index (κ2) is 35.5. The molecule has 0 radical (unpaired) electrons. The minimum Gasteiger partial charge on any atom is -0.420 e. The number of primary amides is 1. The number of nitrogens with one attached hydrogen (secondary N) is 2. The highest BCUT2D eigenvalue weighted by atomic mass is 19.2. The summed E-state index contributed by atoms with van der Waals surface area (Å²) in [6, 6.07) is -0.234. The zero-order chi connectivity index (χ0) is 40.3. The van der Waals surface area contributed by atoms with Crippen LogP contribution in [-0.2, 0) is 38.1 Å². The lowest BCUT2D eigenvalue weighted by atomic mass is 10.1. The largest absolute Gasteiger partial charge is 0.420 e. The molecule has 0 aromatic heterocycles. The van der Waals surface area contributed by atoms with Crippen molar-refractivity contribution in [1.29, 1.82) is 0 Å². The number of hydrogen-bond acceptors (Lipinski definition) is 11. The summed E-state index contributed by atoms with van der Waals surface area (Å²) in [5.41, 5.74) is 14.8. The van der Waals surface area contributed by atoms with Crippen molar-refractivity contribution in [1.82, 2.24) is 10.6 Å². The Bertz CT molecular complexity index is 1110. The maximum atomic E-state index is 13.5. The molecule has 0 saturated carbocycles. The van der Waals surface area contributed by atoms with Crippen LogP contribution >= 0.6 is 0 Å². The van der Waals surface area contributed by atoms with Gasteiger partial charge in [-0.2, -0.15) is 8.78 Å². The van der Waals surface area contributed by atoms with E-state index >= 15 is 0 Å². The molecular weight excluding hydrogens is 717 g/mol. The Hall–Kier alpha value is -3.49. The summed E-state index contributed by atoms with van der Waals surface area (Å²) < 4.78 is 91.8. The lowest BCUT2D eigenvalue weighted by Crippen LogP contribution is -2.39. The molecule has 1 unspecified atom stereocenters. The molecule has 1 atom stereocenters. The number of halogens is 5. The Morgan fingerprint density at radius 2 is 1.13 bits per heavy atom. The first-order valence-corrected chi connectivity index (χ1v) is 17.6. The smallest absolute Gasteiger partial charge is 0.313 e. The third-order valence-electron chi connectivity index (χ3n) is 6.64. The van der Waals surface area contributed by atoms with Gasteiger partial charge in [-0.25, -0.2) is 13.2 Å². The molecule has 0 fully saturated rings. The first kappa shape index (κ1) is 51.6. The zero-order valence-electron chi connectivity index (χ0n) is 30.8. The van der Waals surface area contributed by atoms with Crippen molar-refractivity contribution in [2.75, 3.05) is 72.5 Å². The molecule has 1 rings (SSSR count). The van der Waals surface area contributed by atoms with Gasteiger partial charge in [-0.3, -0.25) is 19.2 Å². The van der Waals surface area contributed by atoms with Crippen LogP contribution in [0, 0.1) is 29.1 Å². The third-order valence-corrected chi connectivity index (χ3v) is 6.64. The van der Waals surface area contributed by atoms with Gasteiger partial charge in [0.15, 0.2) is 0 Å². The van der Waals surface area contributed by atoms with Gasteiger partial charge in [-0.1, -0.05) is 33.1 Å². The van der Waals surface area contributed by atoms with Crippen LogP contribution in [-0.4, -0.2) is 103 Å². The summed E-state index contributed by atoms with van der Waals surface area (Å²) in [6.07, 6.45) is 6.82. The van der Waals surface area contributed by atoms with Crippen molar-refractivity contribution < 1.29 is 64.8 Å². The Morgan fingerprint density at radius 1 is 0.660 bits per heavy atom. The normalized spacial score (nSPS) is 11.0. The van der Waals surface area contributed by atoms with Crippen LogP contribution in [0.4, 0.5) is 22.0 Å². The van der Waals surface area contributed by atoms with Crippen LogP contribution in [0.2, 0.25) is 0 Å². The van der Waals surface area contributed by atoms with Gasteiger partial charge in [0.25, 0.3) is 0 Å². The van der Waals surface area contributed by atoms with E-state index in [1.165, 1.54) is 12.8 Å². The van der Waals surface area contributed by atoms with E-state index in [0.717, 1.165) is 32.2 Å². The molecule has 14 nitrogen and oxygen atoms in total. The molecule has 0 aliphatic carbocycles. The van der Waals surface area contributed by atoms with Crippen LogP contribution < -0.4 is 32.6 Å². The summed E-state index contributed by atoms with van der Waals surface area (Å²) in [6.45, 7) is 7.22. The van der Waals surface area contributed by atoms with Gasteiger partial charge >= 0.3 is 5.97 Å². The number of amides is 3. The molecule has 308 valence electrons. The Balaban J connectivity index is 0. The standard InChI is InChI=1S/C29H44F5N3O8.C4H11N.CH3NO/c1-2-3-7-21(38)37-20(6-4-5-9-35)19-22(39)36-10-12-42-14-16-44-18-17-43-15-13-41-11-8-23(40)45-29-27(33)25(31)24(30)26(32)28(29)34;1-2-3-4-5;2-1-3/h20H,2-19,35H2,1H3,(H,36,39)(H,37,38);2-5H2,1H3;1H,(H2,2,3). The molecule has 0 saturated heterocycles. The van der Waals surface area contributed by atoms with Crippen molar-refractivity contribution in [3.63, 3.8) is 0 Å². The lowest BCUT2D eigenvalue weighted by molar-refractivity contribution is -0.136. The molecule has 0 bridgehead atoms. The Kier molecular flexibility index (Phi) is 34.6. The van der Waals surface area contributed by atoms with Crippen LogP contribution in [0.1, 0.15) is 78.1 Å². The van der Waals surface area contributed by atoms with Crippen molar-refractivity contribution in [2.45, 2.75) is 84.1 Å². The monoisotopic (exact) mass is 775 g/mol. The third kappa shape index (κ3) is 27.7. The highest BCUT2D eigenvalue weighted by Gasteiger charge is 2.28. The molecule has 19 heteroatoms. The van der Waals surface area contributed by atoms with E-state index in [0.29, 0.717) is 45.8 Å². The number of unbranched alkanes of at least 4 members (excludes halogenated alkanes) is 3. The number of carbonyl (C=O) groups excluding carboxylic acids is 4. The van der Waals surface area contributed by atoms with Gasteiger partial charge in [-0.05, 0) is 38.8 Å². The minimum absolute atomic E-state index is 0.0516. The van der Waals surface area contributed by atoms with Crippen molar-refractivity contribution in [3.8, 4) is 5.75 Å². The maximum Gasteiger partial charge on any atom is 0.313 e. The van der Waals surface area contributed by atoms with E-state index in [4.69, 9.17) is 35.2 Å². The fourth-order valence-corrected chi connectivity index (χ4v) is 3.92. The number of benzene rings is 1. The molecule has 53 heavy (non-hydrogen) atoms. The summed E-state index contributed by atoms with van der Waals surface area (Å²) in [7, 11) is 0. The topological polar surface area (TPSA) is 217 Å². The SMILES string of the molecule is CCCCC(=O)NC(CCCCN)CC(=O)NCCOCCOCCOCCOCCC(=O)Oc1c(F)c(F)c(F)c(F)c1F.CCCCN.NC=O. The average molecular weight is 776 g/mol. The van der Waals surface area contributed by atoms with Crippen LogP contribution in [0.5, 0.6) is 5.75 Å². The quantitative estimate of drug-likeness (QED) is 0.0159. The number of ether oxygens (including phenoxy) is 5. The molecule has 1 aromatic rings. The lowest BCUT2D eigenvalue weighted by Gasteiger charge is -2.18. The minimum atomic E-state index is -2.36. The summed E-state index contributed by atoms with van der Waals surface area (Å²) >= 11 is 0. The van der Waals surface area contributed by atoms with Crippen LogP contribution in [0.15, 0.2) is 0 Å². The van der Waals surface area contributed by atoms with Crippen molar-refractivity contribution in [3.05, 3.63) is 29.1 Å². The van der Waals surface area contributed by atoms with E-state index in [9.17, 15) is 36.3 Å². The second-order valence-corrected chi connectivity index (χ2v) is 11.1. The fraction of sp³-hybridized carbons (Fsp3) is 0.706. The predicted molar refractivity (Wildman–Crippen MR) is 186 cm³/mol. The molecule has 0 spiro atoms. The summed E-state index contributed by atoms with van der Waals surface area (Å²) in [4.78, 5) is 44.6. The van der Waals surface area contributed by atoms with Crippen LogP contribution in [0.25, 0.3) is 0 Å². The number of esters is 1. The van der Waals surface area contributed by atoms with E-state index in [1.807, 2.05) is 6.92 Å². The van der Waals surface area contributed by atoms with Crippen molar-refractivity contribution >= 4 is 24.2 Å². The summed E-state index contributed by atoms with van der Waals surface area (Å²) in [5, 5.41) is 5.72. The van der Waals surface area contributed by atoms with E-state index in [-0.39, 0.29) is 63.7 Å². The number of rotatable bonds is 28. The maximum absolute atomic E-state index is 13.5. The zero-order valence-corrected chi connectivity index (χ0v) is 30.8. The molecule has 0 aliphatic heterocycles. The Labute approximate surface area is 308 Å². The second-order valence-electron chi connectivity index (χ2n) is 11.1. The van der Waals surface area contributed by atoms with E-state index in [1.54, 1.807) is 0 Å². The van der Waals surface area contributed by atoms with E-state index in [2.05, 4.69) is 28.0 Å². The molecule has 0 heterocycles. The fourth-order valence-electron chi connectivity index (χ4n) is 3.92. The first-order chi connectivity index (χ1) is 25.4. The first-order valence-electron chi connectivity index (χ1n) is 17.6. The number of carbonyl (C=O) groups is 4. The highest BCUT2D eigenvalue weighted by Crippen LogP contribution is 2.29. The van der Waals surface area contributed by atoms with Gasteiger partial charge in [-0.15, -0.1) is 0 Å². The van der Waals surface area contributed by atoms with E-state index < -0.39 is 47.2 Å². The Morgan fingerprint density at radius 3 is 1.60 bits per heavy atom. The van der Waals surface area contributed by atoms with Gasteiger partial charge in [0, 0.05) is 25.4 Å². The number of nitrogens with two attached hydrogens (primary N) is 3. The average Bonchev–Trinajstić information content (AvgIpc) is 3.13. The molecule has 1 aromatic carbocycles. The molecule has 8 N–H and O–H groups in total. The predicted octanol–water partition coefficient (Wildman–Crippen LogP) is 2.90. The molecule has 0 aliphatic rings. The van der Waals surface area contributed by atoms with Gasteiger partial charge < -0.3 is 51.5 Å². The van der Waals surface area contributed by atoms with Gasteiger partial charge in [0.2, 0.25) is 53.1 Å². The van der Waals surface area contributed by atoms with Crippen molar-refractivity contribution in [2.24, 2.45) is 17.2 Å². The highest BCUT2D eigenvalue weighted by molar-refractivity contribution is 5.79. The van der Waals surface area contributed by atoms with Crippen LogP contribution in [0.3, 0.4) is 0 Å². The molecular formula is C34H58F5N5O9. The molecule has 3 amide bonds. The van der Waals surface area contributed by atoms with Gasteiger partial charge in [0.05, 0.1) is 59.3 Å². The summed E-state index contributed by atoms with van der Waals surface area (Å²) in [5.74, 6) is -14.4.